The summed E-state index contributed by atoms with van der Waals surface area (Å²) >= 11 is 0. The van der Waals surface area contributed by atoms with Gasteiger partial charge in [0.1, 0.15) is 11.2 Å². The molecule has 0 atom stereocenters. The Balaban J connectivity index is 1.52. The van der Waals surface area contributed by atoms with Crippen LogP contribution in [0, 0.1) is 0 Å². The Morgan fingerprint density at radius 2 is 0.805 bits per heavy atom. The minimum absolute atomic E-state index is 0.916. The molecule has 0 spiro atoms. The second-order valence-electron chi connectivity index (χ2n) is 10.8. The first kappa shape index (κ1) is 22.4. The van der Waals surface area contributed by atoms with E-state index in [1.54, 1.807) is 0 Å². The molecule has 0 aliphatic heterocycles. The van der Waals surface area contributed by atoms with Crippen molar-refractivity contribution in [3.05, 3.63) is 146 Å². The number of hydrogen-bond donors (Lipinski definition) is 0. The van der Waals surface area contributed by atoms with E-state index in [9.17, 15) is 0 Å². The molecule has 0 unspecified atom stereocenters. The van der Waals surface area contributed by atoms with E-state index in [0.29, 0.717) is 0 Å². The molecule has 0 radical (unpaired) electrons. The van der Waals surface area contributed by atoms with Gasteiger partial charge in [0, 0.05) is 16.2 Å². The zero-order valence-electron chi connectivity index (χ0n) is 22.3. The van der Waals surface area contributed by atoms with E-state index in [1.807, 2.05) is 0 Å². The first-order valence-corrected chi connectivity index (χ1v) is 14.1. The Labute approximate surface area is 236 Å². The fourth-order valence-electron chi connectivity index (χ4n) is 6.99. The topological polar surface area (TPSA) is 13.1 Å². The smallest absolute Gasteiger partial charge is 0.143 e. The van der Waals surface area contributed by atoms with E-state index < -0.39 is 0 Å². The third kappa shape index (κ3) is 3.12. The lowest BCUT2D eigenvalue weighted by molar-refractivity contribution is 0.673. The molecule has 8 aromatic carbocycles. The monoisotopic (exact) mass is 520 g/mol. The minimum Gasteiger partial charge on any atom is -0.455 e. The molecular formula is C40H24O. The SMILES string of the molecule is c1ccc(-c2c3ccccc3c(-c3cccc4oc5c6ccccc6c6ccccc6c5c34)c3ccccc23)cc1. The van der Waals surface area contributed by atoms with Crippen LogP contribution in [0.15, 0.2) is 150 Å². The van der Waals surface area contributed by atoms with Crippen LogP contribution in [0.5, 0.6) is 0 Å². The number of hydrogen-bond acceptors (Lipinski definition) is 1. The second-order valence-corrected chi connectivity index (χ2v) is 10.8. The summed E-state index contributed by atoms with van der Waals surface area (Å²) in [5, 5.41) is 12.2. The third-order valence-electron chi connectivity index (χ3n) is 8.64. The molecule has 41 heavy (non-hydrogen) atoms. The molecule has 1 nitrogen and oxygen atoms in total. The molecule has 1 heterocycles. The Hall–Kier alpha value is -5.40. The van der Waals surface area contributed by atoms with E-state index >= 15 is 0 Å². The van der Waals surface area contributed by atoms with Gasteiger partial charge in [-0.05, 0) is 66.0 Å². The van der Waals surface area contributed by atoms with E-state index in [4.69, 9.17) is 4.42 Å². The van der Waals surface area contributed by atoms with E-state index in [0.717, 1.165) is 16.6 Å². The minimum atomic E-state index is 0.916. The second kappa shape index (κ2) is 8.55. The average molecular weight is 521 g/mol. The van der Waals surface area contributed by atoms with Gasteiger partial charge in [0.2, 0.25) is 0 Å². The van der Waals surface area contributed by atoms with Gasteiger partial charge in [-0.2, -0.15) is 0 Å². The van der Waals surface area contributed by atoms with Crippen LogP contribution in [0.25, 0.3) is 87.3 Å². The maximum Gasteiger partial charge on any atom is 0.143 e. The fourth-order valence-corrected chi connectivity index (χ4v) is 6.99. The number of fused-ring (bicyclic) bond motifs is 10. The molecule has 0 saturated carbocycles. The van der Waals surface area contributed by atoms with Gasteiger partial charge < -0.3 is 4.42 Å². The molecule has 0 amide bonds. The molecule has 0 bridgehead atoms. The van der Waals surface area contributed by atoms with Gasteiger partial charge in [0.05, 0.1) is 0 Å². The molecule has 0 fully saturated rings. The number of furan rings is 1. The van der Waals surface area contributed by atoms with Gasteiger partial charge in [-0.25, -0.2) is 0 Å². The van der Waals surface area contributed by atoms with Crippen molar-refractivity contribution in [2.75, 3.05) is 0 Å². The zero-order chi connectivity index (χ0) is 26.9. The quantitative estimate of drug-likeness (QED) is 0.163. The molecule has 9 aromatic rings. The van der Waals surface area contributed by atoms with Crippen molar-refractivity contribution >= 4 is 65.0 Å². The van der Waals surface area contributed by atoms with E-state index in [-0.39, 0.29) is 0 Å². The van der Waals surface area contributed by atoms with Crippen LogP contribution >= 0.6 is 0 Å². The van der Waals surface area contributed by atoms with Crippen molar-refractivity contribution in [1.29, 1.82) is 0 Å². The summed E-state index contributed by atoms with van der Waals surface area (Å²) in [6, 6.07) is 52.4. The highest BCUT2D eigenvalue weighted by atomic mass is 16.3. The molecule has 0 aliphatic rings. The average Bonchev–Trinajstić information content (AvgIpc) is 3.45. The lowest BCUT2D eigenvalue weighted by atomic mass is 9.84. The molecule has 1 aromatic heterocycles. The highest BCUT2D eigenvalue weighted by Gasteiger charge is 2.22. The molecule has 0 N–H and O–H groups in total. The van der Waals surface area contributed by atoms with Gasteiger partial charge in [-0.3, -0.25) is 0 Å². The van der Waals surface area contributed by atoms with Crippen molar-refractivity contribution < 1.29 is 4.42 Å². The van der Waals surface area contributed by atoms with Gasteiger partial charge in [0.15, 0.2) is 0 Å². The highest BCUT2D eigenvalue weighted by molar-refractivity contribution is 6.34. The van der Waals surface area contributed by atoms with Crippen LogP contribution < -0.4 is 0 Å². The largest absolute Gasteiger partial charge is 0.455 e. The lowest BCUT2D eigenvalue weighted by Gasteiger charge is -2.18. The summed E-state index contributed by atoms with van der Waals surface area (Å²) in [4.78, 5) is 0. The molecular weight excluding hydrogens is 496 g/mol. The summed E-state index contributed by atoms with van der Waals surface area (Å²) in [5.74, 6) is 0. The Kier molecular flexibility index (Phi) is 4.67. The van der Waals surface area contributed by atoms with Crippen molar-refractivity contribution in [2.24, 2.45) is 0 Å². The third-order valence-corrected chi connectivity index (χ3v) is 8.64. The van der Waals surface area contributed by atoms with Crippen LogP contribution in [-0.2, 0) is 0 Å². The van der Waals surface area contributed by atoms with E-state index in [2.05, 4.69) is 146 Å². The summed E-state index contributed by atoms with van der Waals surface area (Å²) in [6.45, 7) is 0. The van der Waals surface area contributed by atoms with Crippen LogP contribution in [0.1, 0.15) is 0 Å². The molecule has 0 saturated heterocycles. The van der Waals surface area contributed by atoms with Crippen molar-refractivity contribution in [2.45, 2.75) is 0 Å². The van der Waals surface area contributed by atoms with Gasteiger partial charge in [-0.1, -0.05) is 140 Å². The molecule has 9 rings (SSSR count). The van der Waals surface area contributed by atoms with Gasteiger partial charge in [0.25, 0.3) is 0 Å². The Bertz CT molecular complexity index is 2410. The predicted octanol–water partition coefficient (Wildman–Crippen LogP) is 11.5. The Morgan fingerprint density at radius 1 is 0.317 bits per heavy atom. The summed E-state index contributed by atoms with van der Waals surface area (Å²) in [7, 11) is 0. The number of rotatable bonds is 2. The maximum atomic E-state index is 6.75. The maximum absolute atomic E-state index is 6.75. The van der Waals surface area contributed by atoms with Crippen molar-refractivity contribution in [3.63, 3.8) is 0 Å². The predicted molar refractivity (Wildman–Crippen MR) is 175 cm³/mol. The standard InChI is InChI=1S/C40H24O/c1-2-13-25(14-3-1)36-29-18-7-9-20-31(29)37(32-21-10-8-19-30(32)36)34-23-12-24-35-38(34)39-28-17-6-4-15-26(28)27-16-5-11-22-33(27)40(39)41-35/h1-24H. The van der Waals surface area contributed by atoms with Crippen LogP contribution in [0.4, 0.5) is 0 Å². The van der Waals surface area contributed by atoms with Gasteiger partial charge >= 0.3 is 0 Å². The molecule has 1 heteroatoms. The first-order valence-electron chi connectivity index (χ1n) is 14.1. The highest BCUT2D eigenvalue weighted by Crippen LogP contribution is 2.48. The van der Waals surface area contributed by atoms with Crippen molar-refractivity contribution in [3.8, 4) is 22.3 Å². The summed E-state index contributed by atoms with van der Waals surface area (Å²) in [6.07, 6.45) is 0. The zero-order valence-corrected chi connectivity index (χ0v) is 22.3. The molecule has 190 valence electrons. The van der Waals surface area contributed by atoms with E-state index in [1.165, 1.54) is 70.7 Å². The Morgan fingerprint density at radius 3 is 1.44 bits per heavy atom. The van der Waals surface area contributed by atoms with Crippen LogP contribution in [-0.4, -0.2) is 0 Å². The van der Waals surface area contributed by atoms with Crippen LogP contribution in [0.3, 0.4) is 0 Å². The fraction of sp³-hybridized carbons (Fsp3) is 0. The molecule has 0 aliphatic carbocycles. The van der Waals surface area contributed by atoms with Crippen LogP contribution in [0.2, 0.25) is 0 Å². The van der Waals surface area contributed by atoms with Gasteiger partial charge in [-0.15, -0.1) is 0 Å². The number of benzene rings is 8. The van der Waals surface area contributed by atoms with Crippen molar-refractivity contribution in [1.82, 2.24) is 0 Å². The first-order chi connectivity index (χ1) is 20.4. The normalized spacial score (nSPS) is 11.9. The summed E-state index contributed by atoms with van der Waals surface area (Å²) < 4.78 is 6.75. The summed E-state index contributed by atoms with van der Waals surface area (Å²) in [5.41, 5.74) is 6.84. The lowest BCUT2D eigenvalue weighted by Crippen LogP contribution is -1.91.